The van der Waals surface area contributed by atoms with Gasteiger partial charge < -0.3 is 14.7 Å². The van der Waals surface area contributed by atoms with E-state index in [9.17, 15) is 9.59 Å². The maximum atomic E-state index is 11.9. The van der Waals surface area contributed by atoms with Crippen molar-refractivity contribution in [2.45, 2.75) is 32.8 Å². The van der Waals surface area contributed by atoms with Crippen LogP contribution in [0, 0.1) is 5.41 Å². The molecule has 2 aliphatic heterocycles. The normalized spacial score (nSPS) is 22.4. The number of ether oxygens (including phenoxy) is 1. The first kappa shape index (κ1) is 14.1. The molecule has 0 aliphatic carbocycles. The summed E-state index contributed by atoms with van der Waals surface area (Å²) in [5.41, 5.74) is -0.381. The van der Waals surface area contributed by atoms with Crippen molar-refractivity contribution in [3.8, 4) is 0 Å². The van der Waals surface area contributed by atoms with Gasteiger partial charge in [0.15, 0.2) is 0 Å². The van der Waals surface area contributed by atoms with E-state index in [1.54, 1.807) is 4.90 Å². The maximum Gasteiger partial charge on any atom is 0.410 e. The minimum absolute atomic E-state index is 0.0896. The Labute approximate surface area is 113 Å². The summed E-state index contributed by atoms with van der Waals surface area (Å²) in [6.07, 6.45) is 0.670. The Morgan fingerprint density at radius 3 is 2.42 bits per heavy atom. The molecule has 0 bridgehead atoms. The number of nitrogens with zero attached hydrogens (tertiary/aromatic N) is 2. The van der Waals surface area contributed by atoms with Crippen molar-refractivity contribution in [2.24, 2.45) is 5.41 Å². The fraction of sp³-hybridized carbons (Fsp3) is 0.846. The number of rotatable bonds is 2. The van der Waals surface area contributed by atoms with E-state index in [4.69, 9.17) is 9.84 Å². The van der Waals surface area contributed by atoms with Crippen LogP contribution in [0.5, 0.6) is 0 Å². The summed E-state index contributed by atoms with van der Waals surface area (Å²) < 4.78 is 5.35. The lowest BCUT2D eigenvalue weighted by atomic mass is 9.79. The summed E-state index contributed by atoms with van der Waals surface area (Å²) in [5, 5.41) is 8.72. The van der Waals surface area contributed by atoms with Crippen LogP contribution in [0.2, 0.25) is 0 Å². The number of carboxylic acids is 1. The van der Waals surface area contributed by atoms with Crippen LogP contribution in [-0.4, -0.2) is 65.3 Å². The van der Waals surface area contributed by atoms with Gasteiger partial charge >= 0.3 is 12.1 Å². The quantitative estimate of drug-likeness (QED) is 0.811. The molecule has 6 heteroatoms. The molecular weight excluding hydrogens is 248 g/mol. The lowest BCUT2D eigenvalue weighted by molar-refractivity contribution is -0.141. The molecule has 0 aromatic rings. The molecule has 0 radical (unpaired) electrons. The molecule has 0 unspecified atom stereocenters. The van der Waals surface area contributed by atoms with E-state index in [-0.39, 0.29) is 18.1 Å². The first-order valence-electron chi connectivity index (χ1n) is 6.61. The van der Waals surface area contributed by atoms with E-state index in [2.05, 4.69) is 0 Å². The Kier molecular flexibility index (Phi) is 3.47. The van der Waals surface area contributed by atoms with Gasteiger partial charge in [-0.15, -0.1) is 0 Å². The van der Waals surface area contributed by atoms with Gasteiger partial charge in [-0.05, 0) is 27.2 Å². The number of hydrogen-bond acceptors (Lipinski definition) is 4. The number of hydrogen-bond donors (Lipinski definition) is 1. The van der Waals surface area contributed by atoms with Crippen molar-refractivity contribution in [1.29, 1.82) is 0 Å². The van der Waals surface area contributed by atoms with Crippen molar-refractivity contribution in [3.63, 3.8) is 0 Å². The van der Waals surface area contributed by atoms with Crippen LogP contribution < -0.4 is 0 Å². The SMILES string of the molecule is CC(C)(C)OC(=O)N1CCC2(CN(CC(=O)O)C2)C1. The molecule has 2 rings (SSSR count). The van der Waals surface area contributed by atoms with Gasteiger partial charge in [0.05, 0.1) is 6.54 Å². The molecule has 0 aromatic carbocycles. The number of carbonyl (C=O) groups excluding carboxylic acids is 1. The van der Waals surface area contributed by atoms with Gasteiger partial charge in [0.2, 0.25) is 0 Å². The van der Waals surface area contributed by atoms with Crippen molar-refractivity contribution in [1.82, 2.24) is 9.80 Å². The zero-order chi connectivity index (χ0) is 14.3. The van der Waals surface area contributed by atoms with Crippen LogP contribution in [0.4, 0.5) is 4.79 Å². The first-order chi connectivity index (χ1) is 8.69. The van der Waals surface area contributed by atoms with Gasteiger partial charge in [0.1, 0.15) is 5.60 Å². The average Bonchev–Trinajstić information content (AvgIpc) is 2.58. The standard InChI is InChI=1S/C13H22N2O4/c1-12(2,3)19-11(18)15-5-4-13(9-15)7-14(8-13)6-10(16)17/h4-9H2,1-3H3,(H,16,17). The third kappa shape index (κ3) is 3.37. The molecule has 1 N–H and O–H groups in total. The van der Waals surface area contributed by atoms with Crippen LogP contribution in [-0.2, 0) is 9.53 Å². The number of aliphatic carboxylic acids is 1. The number of amides is 1. The number of likely N-dealkylation sites (tertiary alicyclic amines) is 2. The monoisotopic (exact) mass is 270 g/mol. The van der Waals surface area contributed by atoms with Crippen molar-refractivity contribution in [2.75, 3.05) is 32.7 Å². The molecule has 0 atom stereocenters. The summed E-state index contributed by atoms with van der Waals surface area (Å²) in [6, 6.07) is 0. The van der Waals surface area contributed by atoms with E-state index in [0.717, 1.165) is 19.5 Å². The number of carboxylic acid groups (broad SMARTS) is 1. The third-order valence-electron chi connectivity index (χ3n) is 3.57. The topological polar surface area (TPSA) is 70.1 Å². The van der Waals surface area contributed by atoms with Gasteiger partial charge in [0, 0.05) is 31.6 Å². The minimum atomic E-state index is -0.795. The largest absolute Gasteiger partial charge is 0.480 e. The highest BCUT2D eigenvalue weighted by molar-refractivity contribution is 5.70. The molecular formula is C13H22N2O4. The summed E-state index contributed by atoms with van der Waals surface area (Å²) in [7, 11) is 0. The Morgan fingerprint density at radius 1 is 1.26 bits per heavy atom. The Bertz CT molecular complexity index is 383. The molecule has 0 aromatic heterocycles. The van der Waals surface area contributed by atoms with Gasteiger partial charge in [-0.25, -0.2) is 4.79 Å². The predicted octanol–water partition coefficient (Wildman–Crippen LogP) is 1.01. The highest BCUT2D eigenvalue weighted by Gasteiger charge is 2.49. The van der Waals surface area contributed by atoms with Crippen LogP contribution >= 0.6 is 0 Å². The highest BCUT2D eigenvalue weighted by Crippen LogP contribution is 2.39. The fourth-order valence-corrected chi connectivity index (χ4v) is 2.88. The summed E-state index contributed by atoms with van der Waals surface area (Å²) in [4.78, 5) is 26.2. The smallest absolute Gasteiger partial charge is 0.410 e. The van der Waals surface area contributed by atoms with E-state index in [1.165, 1.54) is 0 Å². The fourth-order valence-electron chi connectivity index (χ4n) is 2.88. The molecule has 2 saturated heterocycles. The zero-order valence-corrected chi connectivity index (χ0v) is 11.8. The van der Waals surface area contributed by atoms with Crippen LogP contribution in [0.3, 0.4) is 0 Å². The summed E-state index contributed by atoms with van der Waals surface area (Å²) >= 11 is 0. The summed E-state index contributed by atoms with van der Waals surface area (Å²) in [5.74, 6) is -0.795. The number of carbonyl (C=O) groups is 2. The predicted molar refractivity (Wildman–Crippen MR) is 68.9 cm³/mol. The third-order valence-corrected chi connectivity index (χ3v) is 3.57. The summed E-state index contributed by atoms with van der Waals surface area (Å²) in [6.45, 7) is 8.57. The van der Waals surface area contributed by atoms with E-state index >= 15 is 0 Å². The second kappa shape index (κ2) is 4.67. The van der Waals surface area contributed by atoms with Gasteiger partial charge in [-0.1, -0.05) is 0 Å². The lowest BCUT2D eigenvalue weighted by Gasteiger charge is -2.47. The van der Waals surface area contributed by atoms with Crippen LogP contribution in [0.25, 0.3) is 0 Å². The van der Waals surface area contributed by atoms with Gasteiger partial charge in [0.25, 0.3) is 0 Å². The molecule has 2 aliphatic rings. The molecule has 108 valence electrons. The van der Waals surface area contributed by atoms with Gasteiger partial charge in [-0.2, -0.15) is 0 Å². The first-order valence-corrected chi connectivity index (χ1v) is 6.61. The van der Waals surface area contributed by atoms with Crippen LogP contribution in [0.15, 0.2) is 0 Å². The Morgan fingerprint density at radius 2 is 1.89 bits per heavy atom. The Balaban J connectivity index is 1.82. The van der Waals surface area contributed by atoms with Crippen molar-refractivity contribution in [3.05, 3.63) is 0 Å². The van der Waals surface area contributed by atoms with Crippen LogP contribution in [0.1, 0.15) is 27.2 Å². The van der Waals surface area contributed by atoms with E-state index < -0.39 is 11.6 Å². The molecule has 1 spiro atoms. The average molecular weight is 270 g/mol. The molecule has 19 heavy (non-hydrogen) atoms. The van der Waals surface area contributed by atoms with Gasteiger partial charge in [-0.3, -0.25) is 9.69 Å². The molecule has 0 saturated carbocycles. The van der Waals surface area contributed by atoms with E-state index in [1.807, 2.05) is 25.7 Å². The Hall–Kier alpha value is -1.30. The van der Waals surface area contributed by atoms with Crippen molar-refractivity contribution >= 4 is 12.1 Å². The highest BCUT2D eigenvalue weighted by atomic mass is 16.6. The second-order valence-corrected chi connectivity index (χ2v) is 6.69. The maximum absolute atomic E-state index is 11.9. The minimum Gasteiger partial charge on any atom is -0.480 e. The molecule has 2 heterocycles. The zero-order valence-electron chi connectivity index (χ0n) is 11.8. The van der Waals surface area contributed by atoms with Crippen molar-refractivity contribution < 1.29 is 19.4 Å². The lowest BCUT2D eigenvalue weighted by Crippen LogP contribution is -2.58. The van der Waals surface area contributed by atoms with E-state index in [0.29, 0.717) is 13.1 Å². The molecule has 6 nitrogen and oxygen atoms in total. The molecule has 2 fully saturated rings. The molecule has 1 amide bonds. The second-order valence-electron chi connectivity index (χ2n) is 6.69.